The molecule has 0 aliphatic rings. The molecule has 0 amide bonds. The molecule has 1 aromatic rings. The van der Waals surface area contributed by atoms with Gasteiger partial charge in [0, 0.05) is 19.5 Å². The van der Waals surface area contributed by atoms with Gasteiger partial charge in [0.15, 0.2) is 0 Å². The maximum Gasteiger partial charge on any atom is 0.308 e. The van der Waals surface area contributed by atoms with E-state index in [4.69, 9.17) is 9.52 Å². The van der Waals surface area contributed by atoms with Crippen molar-refractivity contribution < 1.29 is 14.3 Å². The second-order valence-electron chi connectivity index (χ2n) is 4.66. The van der Waals surface area contributed by atoms with Gasteiger partial charge >= 0.3 is 5.97 Å². The normalized spacial score (nSPS) is 12.9. The molecule has 4 nitrogen and oxygen atoms in total. The molecular weight excluding hydrogens is 218 g/mol. The van der Waals surface area contributed by atoms with Gasteiger partial charge in [0.2, 0.25) is 0 Å². The second-order valence-corrected chi connectivity index (χ2v) is 4.66. The molecule has 0 fully saturated rings. The molecule has 0 radical (unpaired) electrons. The number of carbonyl (C=O) groups is 1. The Hall–Kier alpha value is -1.29. The van der Waals surface area contributed by atoms with E-state index in [1.165, 1.54) is 0 Å². The van der Waals surface area contributed by atoms with Crippen LogP contribution in [0.5, 0.6) is 0 Å². The van der Waals surface area contributed by atoms with E-state index in [1.807, 2.05) is 32.9 Å². The lowest BCUT2D eigenvalue weighted by atomic mass is 9.96. The Morgan fingerprint density at radius 2 is 2.18 bits per heavy atom. The van der Waals surface area contributed by atoms with Gasteiger partial charge in [-0.05, 0) is 25.0 Å². The zero-order valence-corrected chi connectivity index (χ0v) is 10.7. The van der Waals surface area contributed by atoms with Crippen molar-refractivity contribution in [1.29, 1.82) is 0 Å². The van der Waals surface area contributed by atoms with Gasteiger partial charge in [-0.3, -0.25) is 4.79 Å². The minimum atomic E-state index is -0.735. The Bertz CT molecular complexity index is 357. The van der Waals surface area contributed by atoms with Gasteiger partial charge in [-0.15, -0.1) is 0 Å². The van der Waals surface area contributed by atoms with Crippen molar-refractivity contribution >= 4 is 5.97 Å². The van der Waals surface area contributed by atoms with Crippen LogP contribution >= 0.6 is 0 Å². The molecule has 2 N–H and O–H groups in total. The molecule has 96 valence electrons. The van der Waals surface area contributed by atoms with E-state index >= 15 is 0 Å². The van der Waals surface area contributed by atoms with Gasteiger partial charge in [0.25, 0.3) is 0 Å². The summed E-state index contributed by atoms with van der Waals surface area (Å²) in [4.78, 5) is 10.9. The van der Waals surface area contributed by atoms with Crippen LogP contribution in [0.2, 0.25) is 0 Å². The minimum absolute atomic E-state index is 0.144. The maximum absolute atomic E-state index is 10.9. The molecule has 0 saturated heterocycles. The number of furan rings is 1. The monoisotopic (exact) mass is 239 g/mol. The van der Waals surface area contributed by atoms with Crippen LogP contribution in [0.15, 0.2) is 16.5 Å². The van der Waals surface area contributed by atoms with Crippen LogP contribution in [-0.4, -0.2) is 24.2 Å². The molecule has 0 aromatic carbocycles. The van der Waals surface area contributed by atoms with Crippen LogP contribution in [-0.2, 0) is 11.2 Å². The Balaban J connectivity index is 2.25. The van der Waals surface area contributed by atoms with Crippen LogP contribution < -0.4 is 5.32 Å². The number of carboxylic acids is 1. The molecule has 1 heterocycles. The fraction of sp³-hybridized carbons (Fsp3) is 0.615. The zero-order chi connectivity index (χ0) is 12.8. The van der Waals surface area contributed by atoms with Crippen molar-refractivity contribution in [3.63, 3.8) is 0 Å². The SMILES string of the molecule is Cc1ccc(CCNCC(C(=O)O)C(C)C)o1. The first kappa shape index (κ1) is 13.8. The summed E-state index contributed by atoms with van der Waals surface area (Å²) in [6, 6.07) is 3.89. The first-order valence-corrected chi connectivity index (χ1v) is 5.99. The van der Waals surface area contributed by atoms with Gasteiger partial charge in [-0.25, -0.2) is 0 Å². The predicted octanol–water partition coefficient (Wildman–Crippen LogP) is 2.08. The van der Waals surface area contributed by atoms with Crippen LogP contribution in [0.3, 0.4) is 0 Å². The summed E-state index contributed by atoms with van der Waals surface area (Å²) in [5.74, 6) is 0.928. The Morgan fingerprint density at radius 3 is 2.65 bits per heavy atom. The van der Waals surface area contributed by atoms with Crippen LogP contribution in [0.1, 0.15) is 25.4 Å². The maximum atomic E-state index is 10.9. The van der Waals surface area contributed by atoms with Gasteiger partial charge in [-0.1, -0.05) is 13.8 Å². The summed E-state index contributed by atoms with van der Waals surface area (Å²) < 4.78 is 5.43. The molecule has 0 spiro atoms. The van der Waals surface area contributed by atoms with Crippen molar-refractivity contribution in [2.24, 2.45) is 11.8 Å². The molecule has 0 aliphatic carbocycles. The topological polar surface area (TPSA) is 62.5 Å². The smallest absolute Gasteiger partial charge is 0.308 e. The standard InChI is InChI=1S/C13H21NO3/c1-9(2)12(13(15)16)8-14-7-6-11-5-4-10(3)17-11/h4-5,9,12,14H,6-8H2,1-3H3,(H,15,16). The Morgan fingerprint density at radius 1 is 1.47 bits per heavy atom. The van der Waals surface area contributed by atoms with E-state index in [0.717, 1.165) is 24.5 Å². The fourth-order valence-corrected chi connectivity index (χ4v) is 1.70. The molecule has 17 heavy (non-hydrogen) atoms. The fourth-order valence-electron chi connectivity index (χ4n) is 1.70. The highest BCUT2D eigenvalue weighted by Gasteiger charge is 2.20. The summed E-state index contributed by atoms with van der Waals surface area (Å²) in [5.41, 5.74) is 0. The van der Waals surface area contributed by atoms with E-state index in [-0.39, 0.29) is 11.8 Å². The Kier molecular flexibility index (Phi) is 5.22. The second kappa shape index (κ2) is 6.45. The van der Waals surface area contributed by atoms with Gasteiger partial charge in [-0.2, -0.15) is 0 Å². The first-order chi connectivity index (χ1) is 8.00. The number of aliphatic carboxylic acids is 1. The summed E-state index contributed by atoms with van der Waals surface area (Å²) in [5, 5.41) is 12.2. The van der Waals surface area contributed by atoms with Gasteiger partial charge in [0.1, 0.15) is 11.5 Å². The first-order valence-electron chi connectivity index (χ1n) is 5.99. The third-order valence-corrected chi connectivity index (χ3v) is 2.83. The average Bonchev–Trinajstić information content (AvgIpc) is 2.62. The highest BCUT2D eigenvalue weighted by Crippen LogP contribution is 2.10. The molecule has 0 aliphatic heterocycles. The summed E-state index contributed by atoms with van der Waals surface area (Å²) in [6.45, 7) is 7.01. The zero-order valence-electron chi connectivity index (χ0n) is 10.7. The van der Waals surface area contributed by atoms with Gasteiger partial charge in [0.05, 0.1) is 5.92 Å². The molecule has 0 bridgehead atoms. The number of carboxylic acid groups (broad SMARTS) is 1. The summed E-state index contributed by atoms with van der Waals surface area (Å²) in [7, 11) is 0. The van der Waals surface area contributed by atoms with Crippen molar-refractivity contribution in [3.8, 4) is 0 Å². The third kappa shape index (κ3) is 4.61. The molecule has 4 heteroatoms. The summed E-state index contributed by atoms with van der Waals surface area (Å²) >= 11 is 0. The van der Waals surface area contributed by atoms with E-state index < -0.39 is 5.97 Å². The van der Waals surface area contributed by atoms with Crippen LogP contribution in [0.4, 0.5) is 0 Å². The molecular formula is C13H21NO3. The third-order valence-electron chi connectivity index (χ3n) is 2.83. The van der Waals surface area contributed by atoms with Crippen molar-refractivity contribution in [2.45, 2.75) is 27.2 Å². The van der Waals surface area contributed by atoms with E-state index in [2.05, 4.69) is 5.32 Å². The van der Waals surface area contributed by atoms with E-state index in [9.17, 15) is 4.79 Å². The number of aryl methyl sites for hydroxylation is 1. The highest BCUT2D eigenvalue weighted by atomic mass is 16.4. The molecule has 1 aromatic heterocycles. The average molecular weight is 239 g/mol. The predicted molar refractivity (Wildman–Crippen MR) is 66.0 cm³/mol. The quantitative estimate of drug-likeness (QED) is 0.715. The van der Waals surface area contributed by atoms with Crippen molar-refractivity contribution in [1.82, 2.24) is 5.32 Å². The van der Waals surface area contributed by atoms with Crippen LogP contribution in [0.25, 0.3) is 0 Å². The molecule has 0 saturated carbocycles. The lowest BCUT2D eigenvalue weighted by molar-refractivity contribution is -0.143. The lowest BCUT2D eigenvalue weighted by Gasteiger charge is -2.16. The number of hydrogen-bond acceptors (Lipinski definition) is 3. The minimum Gasteiger partial charge on any atom is -0.481 e. The number of hydrogen-bond donors (Lipinski definition) is 2. The largest absolute Gasteiger partial charge is 0.481 e. The summed E-state index contributed by atoms with van der Waals surface area (Å²) in [6.07, 6.45) is 0.790. The highest BCUT2D eigenvalue weighted by molar-refractivity contribution is 5.70. The van der Waals surface area contributed by atoms with Crippen LogP contribution in [0, 0.1) is 18.8 Å². The molecule has 1 unspecified atom stereocenters. The van der Waals surface area contributed by atoms with Crippen molar-refractivity contribution in [2.75, 3.05) is 13.1 Å². The van der Waals surface area contributed by atoms with E-state index in [1.54, 1.807) is 0 Å². The number of rotatable bonds is 7. The van der Waals surface area contributed by atoms with Crippen molar-refractivity contribution in [3.05, 3.63) is 23.7 Å². The Labute approximate surface area is 102 Å². The molecule has 1 atom stereocenters. The number of nitrogens with one attached hydrogen (secondary N) is 1. The lowest BCUT2D eigenvalue weighted by Crippen LogP contribution is -2.33. The molecule has 1 rings (SSSR count). The van der Waals surface area contributed by atoms with Gasteiger partial charge < -0.3 is 14.8 Å². The van der Waals surface area contributed by atoms with E-state index in [0.29, 0.717) is 6.54 Å².